The van der Waals surface area contributed by atoms with Gasteiger partial charge >= 0.3 is 5.91 Å². The lowest BCUT2D eigenvalue weighted by Gasteiger charge is -2.33. The van der Waals surface area contributed by atoms with E-state index in [-0.39, 0.29) is 43.0 Å². The number of hydrogen-bond donors (Lipinski definition) is 1. The Labute approximate surface area is 184 Å². The number of H-pyrrole nitrogens is 1. The molecule has 1 aromatic carbocycles. The monoisotopic (exact) mass is 463 g/mol. The highest BCUT2D eigenvalue weighted by molar-refractivity contribution is 7.89. The zero-order chi connectivity index (χ0) is 21.8. The largest absolute Gasteiger partial charge is 0.436 e. The van der Waals surface area contributed by atoms with Crippen LogP contribution in [0.1, 0.15) is 22.1 Å². The first kappa shape index (κ1) is 20.5. The molecule has 0 aliphatic carbocycles. The van der Waals surface area contributed by atoms with E-state index >= 15 is 0 Å². The predicted molar refractivity (Wildman–Crippen MR) is 115 cm³/mol. The average Bonchev–Trinajstić information content (AvgIpc) is 3.37. The Bertz CT molecular complexity index is 1260. The third-order valence-electron chi connectivity index (χ3n) is 5.81. The molecular weight excluding hydrogens is 442 g/mol. The summed E-state index contributed by atoms with van der Waals surface area (Å²) in [6, 6.07) is 6.76. The summed E-state index contributed by atoms with van der Waals surface area (Å²) in [5.41, 5.74) is 1.54. The number of halogens is 1. The maximum absolute atomic E-state index is 13.1. The van der Waals surface area contributed by atoms with Gasteiger partial charge in [0.15, 0.2) is 0 Å². The summed E-state index contributed by atoms with van der Waals surface area (Å²) in [6.07, 6.45) is 0.754. The van der Waals surface area contributed by atoms with Crippen molar-refractivity contribution in [3.8, 4) is 0 Å². The second kappa shape index (κ2) is 7.63. The second-order valence-electron chi connectivity index (χ2n) is 7.94. The van der Waals surface area contributed by atoms with Crippen molar-refractivity contribution >= 4 is 38.4 Å². The topological polar surface area (TPSA) is 103 Å². The van der Waals surface area contributed by atoms with Gasteiger partial charge in [-0.2, -0.15) is 4.31 Å². The Hall–Kier alpha value is -2.40. The number of aromatic amines is 1. The summed E-state index contributed by atoms with van der Waals surface area (Å²) in [5.74, 6) is 0.524. The number of nitrogens with one attached hydrogen (secondary N) is 1. The molecule has 1 amide bonds. The number of likely N-dealkylation sites (N-methyl/N-ethyl adjacent to an activating group) is 1. The van der Waals surface area contributed by atoms with Crippen molar-refractivity contribution in [2.75, 3.05) is 39.8 Å². The Kier molecular flexibility index (Phi) is 5.04. The van der Waals surface area contributed by atoms with Gasteiger partial charge in [0, 0.05) is 55.1 Å². The van der Waals surface area contributed by atoms with Crippen LogP contribution in [0, 0.1) is 0 Å². The van der Waals surface area contributed by atoms with Crippen molar-refractivity contribution in [3.05, 3.63) is 46.6 Å². The van der Waals surface area contributed by atoms with Gasteiger partial charge in [-0.05, 0) is 31.3 Å². The molecule has 0 bridgehead atoms. The van der Waals surface area contributed by atoms with Gasteiger partial charge in [0.2, 0.25) is 0 Å². The normalized spacial score (nSPS) is 18.5. The molecule has 2 aliphatic heterocycles. The molecule has 5 rings (SSSR count). The molecule has 31 heavy (non-hydrogen) atoms. The SMILES string of the molecule is CN1CCc2nc(C(=O)N3CCN(S(=O)(=O)c4cc5cc(Cl)ccc5[nH]4)CC3)oc2C1. The molecule has 0 unspecified atom stereocenters. The maximum Gasteiger partial charge on any atom is 0.309 e. The molecule has 11 heteroatoms. The molecule has 2 aliphatic rings. The zero-order valence-corrected chi connectivity index (χ0v) is 18.5. The first-order valence-corrected chi connectivity index (χ1v) is 11.9. The van der Waals surface area contributed by atoms with Gasteiger partial charge in [-0.3, -0.25) is 9.69 Å². The van der Waals surface area contributed by atoms with E-state index in [0.29, 0.717) is 17.1 Å². The smallest absolute Gasteiger partial charge is 0.309 e. The van der Waals surface area contributed by atoms with Gasteiger partial charge < -0.3 is 14.3 Å². The minimum Gasteiger partial charge on any atom is -0.436 e. The first-order valence-electron chi connectivity index (χ1n) is 10.1. The standard InChI is InChI=1S/C20H22ClN5O4S/c1-24-5-4-16-17(12-24)30-19(23-16)20(27)25-6-8-26(9-7-25)31(28,29)18-11-13-10-14(21)2-3-15(13)22-18/h2-3,10-11,22H,4-9,12H2,1H3. The van der Waals surface area contributed by atoms with E-state index in [1.807, 2.05) is 7.05 Å². The highest BCUT2D eigenvalue weighted by Crippen LogP contribution is 2.25. The van der Waals surface area contributed by atoms with Crippen LogP contribution in [0.25, 0.3) is 10.9 Å². The summed E-state index contributed by atoms with van der Waals surface area (Å²) >= 11 is 6.00. The number of benzene rings is 1. The van der Waals surface area contributed by atoms with Crippen LogP contribution in [0.5, 0.6) is 0 Å². The molecule has 0 atom stereocenters. The van der Waals surface area contributed by atoms with Gasteiger partial charge in [-0.15, -0.1) is 0 Å². The molecule has 3 aromatic rings. The molecule has 1 fully saturated rings. The summed E-state index contributed by atoms with van der Waals surface area (Å²) in [7, 11) is -1.71. The minimum atomic E-state index is -3.71. The lowest BCUT2D eigenvalue weighted by Crippen LogP contribution is -2.50. The van der Waals surface area contributed by atoms with Crippen molar-refractivity contribution in [3.63, 3.8) is 0 Å². The summed E-state index contributed by atoms with van der Waals surface area (Å²) in [4.78, 5) is 23.9. The van der Waals surface area contributed by atoms with Crippen molar-refractivity contribution in [1.29, 1.82) is 0 Å². The lowest BCUT2D eigenvalue weighted by atomic mass is 10.2. The summed E-state index contributed by atoms with van der Waals surface area (Å²) in [6.45, 7) is 2.47. The minimum absolute atomic E-state index is 0.0871. The molecule has 4 heterocycles. The molecule has 0 radical (unpaired) electrons. The summed E-state index contributed by atoms with van der Waals surface area (Å²) < 4.78 is 33.2. The summed E-state index contributed by atoms with van der Waals surface area (Å²) in [5, 5.41) is 1.40. The Morgan fingerprint density at radius 1 is 1.16 bits per heavy atom. The van der Waals surface area contributed by atoms with E-state index in [9.17, 15) is 13.2 Å². The van der Waals surface area contributed by atoms with Crippen LogP contribution in [-0.4, -0.2) is 78.2 Å². The fraction of sp³-hybridized carbons (Fsp3) is 0.400. The molecule has 164 valence electrons. The number of piperazine rings is 1. The fourth-order valence-electron chi connectivity index (χ4n) is 4.04. The second-order valence-corrected chi connectivity index (χ2v) is 10.3. The fourth-order valence-corrected chi connectivity index (χ4v) is 5.65. The van der Waals surface area contributed by atoms with Crippen LogP contribution in [0.2, 0.25) is 5.02 Å². The molecule has 0 saturated carbocycles. The van der Waals surface area contributed by atoms with Gasteiger partial charge in [0.1, 0.15) is 10.8 Å². The van der Waals surface area contributed by atoms with E-state index in [2.05, 4.69) is 14.9 Å². The number of nitrogens with zero attached hydrogens (tertiary/aromatic N) is 4. The number of rotatable bonds is 3. The van der Waals surface area contributed by atoms with Crippen molar-refractivity contribution in [2.45, 2.75) is 18.0 Å². The molecule has 1 saturated heterocycles. The number of carbonyl (C=O) groups is 1. The number of sulfonamides is 1. The van der Waals surface area contributed by atoms with Gasteiger partial charge in [0.05, 0.1) is 12.2 Å². The van der Waals surface area contributed by atoms with Crippen LogP contribution in [0.15, 0.2) is 33.7 Å². The zero-order valence-electron chi connectivity index (χ0n) is 17.0. The highest BCUT2D eigenvalue weighted by atomic mass is 35.5. The third-order valence-corrected chi connectivity index (χ3v) is 7.86. The molecule has 1 N–H and O–H groups in total. The first-order chi connectivity index (χ1) is 14.8. The average molecular weight is 464 g/mol. The van der Waals surface area contributed by atoms with E-state index in [1.54, 1.807) is 29.2 Å². The van der Waals surface area contributed by atoms with Crippen molar-refractivity contribution < 1.29 is 17.6 Å². The van der Waals surface area contributed by atoms with E-state index in [0.717, 1.165) is 29.8 Å². The maximum atomic E-state index is 13.1. The van der Waals surface area contributed by atoms with Crippen molar-refractivity contribution in [2.24, 2.45) is 0 Å². The number of oxazole rings is 1. The molecule has 2 aromatic heterocycles. The predicted octanol–water partition coefficient (Wildman–Crippen LogP) is 1.94. The lowest BCUT2D eigenvalue weighted by molar-refractivity contribution is 0.0654. The van der Waals surface area contributed by atoms with Gasteiger partial charge in [-0.25, -0.2) is 13.4 Å². The third kappa shape index (κ3) is 3.73. The van der Waals surface area contributed by atoms with Crippen LogP contribution < -0.4 is 0 Å². The van der Waals surface area contributed by atoms with E-state index in [4.69, 9.17) is 16.0 Å². The highest BCUT2D eigenvalue weighted by Gasteiger charge is 2.33. The Balaban J connectivity index is 1.28. The number of fused-ring (bicyclic) bond motifs is 2. The van der Waals surface area contributed by atoms with E-state index in [1.165, 1.54) is 4.31 Å². The Morgan fingerprint density at radius 3 is 2.71 bits per heavy atom. The quantitative estimate of drug-likeness (QED) is 0.636. The number of hydrogen-bond acceptors (Lipinski definition) is 6. The van der Waals surface area contributed by atoms with Crippen LogP contribution in [0.3, 0.4) is 0 Å². The number of amides is 1. The van der Waals surface area contributed by atoms with Gasteiger partial charge in [-0.1, -0.05) is 11.6 Å². The van der Waals surface area contributed by atoms with Gasteiger partial charge in [0.25, 0.3) is 15.9 Å². The number of aromatic nitrogens is 2. The van der Waals surface area contributed by atoms with Crippen LogP contribution in [-0.2, 0) is 23.0 Å². The number of carbonyl (C=O) groups excluding carboxylic acids is 1. The van der Waals surface area contributed by atoms with Crippen LogP contribution >= 0.6 is 11.6 Å². The molecule has 9 nitrogen and oxygen atoms in total. The molecule has 0 spiro atoms. The van der Waals surface area contributed by atoms with Crippen LogP contribution in [0.4, 0.5) is 0 Å². The van der Waals surface area contributed by atoms with E-state index < -0.39 is 10.0 Å². The molecular formula is C20H22ClN5O4S. The van der Waals surface area contributed by atoms with Crippen molar-refractivity contribution in [1.82, 2.24) is 24.1 Å². The Morgan fingerprint density at radius 2 is 1.94 bits per heavy atom.